The minimum Gasteiger partial charge on any atom is -0.455 e. The van der Waals surface area contributed by atoms with Crippen molar-refractivity contribution in [3.05, 3.63) is 53.6 Å². The molecule has 0 amide bonds. The summed E-state index contributed by atoms with van der Waals surface area (Å²) >= 11 is 0. The Kier molecular flexibility index (Phi) is 3.48. The van der Waals surface area contributed by atoms with Gasteiger partial charge in [0.15, 0.2) is 0 Å². The van der Waals surface area contributed by atoms with Gasteiger partial charge >= 0.3 is 0 Å². The maximum atomic E-state index is 6.09. The molecule has 0 aromatic heterocycles. The van der Waals surface area contributed by atoms with E-state index in [1.54, 1.807) is 0 Å². The fourth-order valence-corrected chi connectivity index (χ4v) is 2.67. The van der Waals surface area contributed by atoms with Gasteiger partial charge in [0, 0.05) is 18.4 Å². The van der Waals surface area contributed by atoms with Crippen LogP contribution in [0.5, 0.6) is 11.5 Å². The summed E-state index contributed by atoms with van der Waals surface area (Å²) in [5.74, 6) is 1.56. The van der Waals surface area contributed by atoms with Crippen molar-refractivity contribution in [3.8, 4) is 11.5 Å². The molecule has 2 heterocycles. The molecule has 2 aliphatic heterocycles. The molecule has 114 valence electrons. The van der Waals surface area contributed by atoms with Crippen LogP contribution in [0.1, 0.15) is 11.1 Å². The maximum Gasteiger partial charge on any atom is 0.150 e. The van der Waals surface area contributed by atoms with Crippen molar-refractivity contribution < 1.29 is 14.2 Å². The minimum absolute atomic E-state index is 0.316. The maximum absolute atomic E-state index is 6.09. The highest BCUT2D eigenvalue weighted by atomic mass is 16.6. The Morgan fingerprint density at radius 3 is 2.32 bits per heavy atom. The minimum atomic E-state index is 0.316. The molecule has 0 aliphatic carbocycles. The first-order valence-corrected chi connectivity index (χ1v) is 7.66. The molecule has 0 spiro atoms. The molecular weight excluding hydrogens is 278 g/mol. The number of para-hydroxylation sites is 2. The SMILES string of the molecule is Nc1ccccc1Oc1cccc(CC2CO2)c1CC1CO1. The predicted octanol–water partition coefficient (Wildman–Crippen LogP) is 2.94. The first-order chi connectivity index (χ1) is 10.8. The van der Waals surface area contributed by atoms with Crippen LogP contribution in [0, 0.1) is 0 Å². The smallest absolute Gasteiger partial charge is 0.150 e. The van der Waals surface area contributed by atoms with Gasteiger partial charge in [-0.3, -0.25) is 0 Å². The lowest BCUT2D eigenvalue weighted by Crippen LogP contribution is -2.05. The van der Waals surface area contributed by atoms with Gasteiger partial charge in [0.1, 0.15) is 11.5 Å². The molecule has 0 bridgehead atoms. The Hall–Kier alpha value is -2.04. The Balaban J connectivity index is 1.65. The summed E-state index contributed by atoms with van der Waals surface area (Å²) in [5, 5.41) is 0. The van der Waals surface area contributed by atoms with E-state index in [-0.39, 0.29) is 0 Å². The van der Waals surface area contributed by atoms with Gasteiger partial charge < -0.3 is 19.9 Å². The van der Waals surface area contributed by atoms with Crippen LogP contribution in [0.25, 0.3) is 0 Å². The normalized spacial score (nSPS) is 22.4. The highest BCUT2D eigenvalue weighted by Gasteiger charge is 2.29. The second-order valence-corrected chi connectivity index (χ2v) is 5.85. The number of hydrogen-bond acceptors (Lipinski definition) is 4. The van der Waals surface area contributed by atoms with Crippen LogP contribution in [-0.2, 0) is 22.3 Å². The van der Waals surface area contributed by atoms with Crippen LogP contribution >= 0.6 is 0 Å². The summed E-state index contributed by atoms with van der Waals surface area (Å²) in [6, 6.07) is 13.8. The Morgan fingerprint density at radius 2 is 1.59 bits per heavy atom. The predicted molar refractivity (Wildman–Crippen MR) is 84.3 cm³/mol. The van der Waals surface area contributed by atoms with Crippen LogP contribution in [0.15, 0.2) is 42.5 Å². The summed E-state index contributed by atoms with van der Waals surface area (Å²) in [7, 11) is 0. The van der Waals surface area contributed by atoms with E-state index in [0.29, 0.717) is 23.6 Å². The van der Waals surface area contributed by atoms with Gasteiger partial charge in [0.25, 0.3) is 0 Å². The first kappa shape index (κ1) is 13.6. The van der Waals surface area contributed by atoms with Crippen LogP contribution in [-0.4, -0.2) is 25.4 Å². The molecule has 22 heavy (non-hydrogen) atoms. The molecule has 2 N–H and O–H groups in total. The Morgan fingerprint density at radius 1 is 0.909 bits per heavy atom. The van der Waals surface area contributed by atoms with E-state index in [1.807, 2.05) is 36.4 Å². The lowest BCUT2D eigenvalue weighted by molar-refractivity contribution is 0.397. The highest BCUT2D eigenvalue weighted by Crippen LogP contribution is 2.34. The van der Waals surface area contributed by atoms with Crippen molar-refractivity contribution in [2.45, 2.75) is 25.0 Å². The van der Waals surface area contributed by atoms with E-state index >= 15 is 0 Å². The Bertz CT molecular complexity index is 678. The van der Waals surface area contributed by atoms with Gasteiger partial charge in [-0.25, -0.2) is 0 Å². The molecule has 2 fully saturated rings. The van der Waals surface area contributed by atoms with E-state index in [9.17, 15) is 0 Å². The zero-order valence-electron chi connectivity index (χ0n) is 12.3. The number of rotatable bonds is 6. The van der Waals surface area contributed by atoms with Crippen LogP contribution in [0.3, 0.4) is 0 Å². The average Bonchev–Trinajstić information content (AvgIpc) is 3.40. The number of benzene rings is 2. The average molecular weight is 297 g/mol. The number of epoxide rings is 2. The molecule has 2 unspecified atom stereocenters. The van der Waals surface area contributed by atoms with Crippen molar-refractivity contribution in [2.24, 2.45) is 0 Å². The summed E-state index contributed by atoms with van der Waals surface area (Å²) < 4.78 is 16.9. The van der Waals surface area contributed by atoms with Crippen LogP contribution in [0.4, 0.5) is 5.69 Å². The number of nitrogen functional groups attached to an aromatic ring is 1. The second kappa shape index (κ2) is 5.63. The molecule has 0 radical (unpaired) electrons. The van der Waals surface area contributed by atoms with Crippen LogP contribution < -0.4 is 10.5 Å². The van der Waals surface area contributed by atoms with Gasteiger partial charge in [-0.05, 0) is 23.8 Å². The van der Waals surface area contributed by atoms with E-state index in [1.165, 1.54) is 11.1 Å². The molecule has 0 saturated carbocycles. The number of hydrogen-bond donors (Lipinski definition) is 1. The van der Waals surface area contributed by atoms with Crippen molar-refractivity contribution in [3.63, 3.8) is 0 Å². The number of nitrogens with two attached hydrogens (primary N) is 1. The topological polar surface area (TPSA) is 60.3 Å². The molecule has 2 aliphatic rings. The molecule has 4 heteroatoms. The summed E-state index contributed by atoms with van der Waals surface area (Å²) in [6.45, 7) is 1.69. The molecule has 2 atom stereocenters. The van der Waals surface area contributed by atoms with E-state index in [2.05, 4.69) is 6.07 Å². The Labute approximate surface area is 129 Å². The summed E-state index contributed by atoms with van der Waals surface area (Å²) in [5.41, 5.74) is 9.13. The molecule has 4 nitrogen and oxygen atoms in total. The standard InChI is InChI=1S/C18H19NO3/c19-16-5-1-2-6-18(16)22-17-7-3-4-12(8-13-10-20-13)15(17)9-14-11-21-14/h1-7,13-14H,8-11,19H2. The van der Waals surface area contributed by atoms with Gasteiger partial charge in [0.2, 0.25) is 0 Å². The van der Waals surface area contributed by atoms with E-state index in [4.69, 9.17) is 19.9 Å². The lowest BCUT2D eigenvalue weighted by atomic mass is 9.98. The zero-order valence-corrected chi connectivity index (χ0v) is 12.3. The molecule has 2 saturated heterocycles. The fourth-order valence-electron chi connectivity index (χ4n) is 2.67. The molecular formula is C18H19NO3. The third-order valence-electron chi connectivity index (χ3n) is 4.05. The van der Waals surface area contributed by atoms with Crippen molar-refractivity contribution in [1.29, 1.82) is 0 Å². The molecule has 2 aromatic rings. The van der Waals surface area contributed by atoms with E-state index < -0.39 is 0 Å². The molecule has 4 rings (SSSR count). The van der Waals surface area contributed by atoms with Gasteiger partial charge in [-0.1, -0.05) is 24.3 Å². The quantitative estimate of drug-likeness (QED) is 0.658. The highest BCUT2D eigenvalue weighted by molar-refractivity contribution is 5.55. The first-order valence-electron chi connectivity index (χ1n) is 7.66. The monoisotopic (exact) mass is 297 g/mol. The largest absolute Gasteiger partial charge is 0.455 e. The lowest BCUT2D eigenvalue weighted by Gasteiger charge is -2.15. The number of ether oxygens (including phenoxy) is 3. The van der Waals surface area contributed by atoms with Crippen molar-refractivity contribution in [2.75, 3.05) is 18.9 Å². The van der Waals surface area contributed by atoms with Crippen molar-refractivity contribution in [1.82, 2.24) is 0 Å². The summed E-state index contributed by atoms with van der Waals surface area (Å²) in [4.78, 5) is 0. The third-order valence-corrected chi connectivity index (χ3v) is 4.05. The molecule has 2 aromatic carbocycles. The number of anilines is 1. The second-order valence-electron chi connectivity index (χ2n) is 5.85. The van der Waals surface area contributed by atoms with Gasteiger partial charge in [0.05, 0.1) is 31.1 Å². The van der Waals surface area contributed by atoms with Crippen molar-refractivity contribution >= 4 is 5.69 Å². The van der Waals surface area contributed by atoms with Gasteiger partial charge in [-0.2, -0.15) is 0 Å². The zero-order chi connectivity index (χ0) is 14.9. The summed E-state index contributed by atoms with van der Waals surface area (Å²) in [6.07, 6.45) is 2.49. The third kappa shape index (κ3) is 3.08. The van der Waals surface area contributed by atoms with Gasteiger partial charge in [-0.15, -0.1) is 0 Å². The van der Waals surface area contributed by atoms with E-state index in [0.717, 1.165) is 31.8 Å². The van der Waals surface area contributed by atoms with Crippen LogP contribution in [0.2, 0.25) is 0 Å². The fraction of sp³-hybridized carbons (Fsp3) is 0.333.